The first-order valence-corrected chi connectivity index (χ1v) is 11.6. The summed E-state index contributed by atoms with van der Waals surface area (Å²) in [5.74, 6) is -0.281. The standard InChI is InChI=1S/C24H26N8O3/c1-15-13-28-17-6-5-16(14-32(15)17)19-20(24-27-9-12-35-24)30-22(25)21(29-19)23(34)26-8-7-18(33)31-10-3-2-4-11-31/h5-6,9,12-14H,2-4,7-8,10-11H2,1H3,(H2,25,30)(H,26,34). The Kier molecular flexibility index (Phi) is 6.13. The van der Waals surface area contributed by atoms with Gasteiger partial charge in [-0.3, -0.25) is 9.59 Å². The molecular weight excluding hydrogens is 448 g/mol. The van der Waals surface area contributed by atoms with Crippen molar-refractivity contribution in [3.63, 3.8) is 0 Å². The number of hydrogen-bond acceptors (Lipinski definition) is 8. The van der Waals surface area contributed by atoms with Gasteiger partial charge in [-0.05, 0) is 38.3 Å². The quantitative estimate of drug-likeness (QED) is 0.434. The van der Waals surface area contributed by atoms with Crippen molar-refractivity contribution < 1.29 is 14.0 Å². The van der Waals surface area contributed by atoms with Gasteiger partial charge < -0.3 is 24.8 Å². The Morgan fingerprint density at radius 3 is 2.71 bits per heavy atom. The second-order valence-corrected chi connectivity index (χ2v) is 8.48. The molecule has 4 aromatic heterocycles. The van der Waals surface area contributed by atoms with E-state index in [1.807, 2.05) is 34.6 Å². The molecule has 0 spiro atoms. The highest BCUT2D eigenvalue weighted by Crippen LogP contribution is 2.30. The Labute approximate surface area is 201 Å². The van der Waals surface area contributed by atoms with E-state index < -0.39 is 5.91 Å². The van der Waals surface area contributed by atoms with Crippen LogP contribution in [0.1, 0.15) is 41.9 Å². The SMILES string of the molecule is Cc1cnc2ccc(-c3nc(C(=O)NCCC(=O)N4CCCCC4)c(N)nc3-c3ncco3)cn12. The van der Waals surface area contributed by atoms with E-state index in [1.165, 1.54) is 12.5 Å². The molecule has 0 bridgehead atoms. The Balaban J connectivity index is 1.42. The molecule has 0 atom stereocenters. The van der Waals surface area contributed by atoms with Crippen LogP contribution in [0.3, 0.4) is 0 Å². The fourth-order valence-corrected chi connectivity index (χ4v) is 4.22. The number of aromatic nitrogens is 5. The molecule has 5 heterocycles. The molecule has 1 aliphatic heterocycles. The van der Waals surface area contributed by atoms with Gasteiger partial charge in [0.1, 0.15) is 17.6 Å². The molecule has 3 N–H and O–H groups in total. The van der Waals surface area contributed by atoms with Crippen molar-refractivity contribution in [2.45, 2.75) is 32.6 Å². The van der Waals surface area contributed by atoms with Crippen LogP contribution in [-0.2, 0) is 4.79 Å². The van der Waals surface area contributed by atoms with Crippen molar-refractivity contribution >= 4 is 23.3 Å². The summed E-state index contributed by atoms with van der Waals surface area (Å²) < 4.78 is 7.37. The minimum absolute atomic E-state index is 0.0248. The van der Waals surface area contributed by atoms with Crippen LogP contribution in [0.4, 0.5) is 5.82 Å². The number of carbonyl (C=O) groups is 2. The number of nitrogen functional groups attached to an aromatic ring is 1. The topological polar surface area (TPSA) is 145 Å². The summed E-state index contributed by atoms with van der Waals surface area (Å²) in [6.45, 7) is 3.68. The summed E-state index contributed by atoms with van der Waals surface area (Å²) in [6.07, 6.45) is 9.98. The first-order valence-electron chi connectivity index (χ1n) is 11.6. The molecule has 0 unspecified atom stereocenters. The smallest absolute Gasteiger partial charge is 0.273 e. The average Bonchev–Trinajstić information content (AvgIpc) is 3.54. The zero-order valence-corrected chi connectivity index (χ0v) is 19.4. The lowest BCUT2D eigenvalue weighted by Crippen LogP contribution is -2.38. The van der Waals surface area contributed by atoms with Crippen molar-refractivity contribution in [2.24, 2.45) is 0 Å². The second kappa shape index (κ2) is 9.53. The lowest BCUT2D eigenvalue weighted by Gasteiger charge is -2.26. The van der Waals surface area contributed by atoms with E-state index in [-0.39, 0.29) is 36.3 Å². The van der Waals surface area contributed by atoms with Gasteiger partial charge in [0.15, 0.2) is 17.2 Å². The number of oxazole rings is 1. The average molecular weight is 475 g/mol. The molecule has 2 amide bonds. The van der Waals surface area contributed by atoms with Gasteiger partial charge in [-0.15, -0.1) is 0 Å². The number of anilines is 1. The number of aryl methyl sites for hydroxylation is 1. The Morgan fingerprint density at radius 2 is 1.94 bits per heavy atom. The fourth-order valence-electron chi connectivity index (χ4n) is 4.22. The number of amides is 2. The summed E-state index contributed by atoms with van der Waals surface area (Å²) in [5.41, 5.74) is 9.23. The van der Waals surface area contributed by atoms with Gasteiger partial charge in [0.05, 0.1) is 6.20 Å². The third kappa shape index (κ3) is 4.57. The van der Waals surface area contributed by atoms with E-state index in [0.717, 1.165) is 43.7 Å². The molecule has 11 nitrogen and oxygen atoms in total. The molecule has 4 aromatic rings. The predicted octanol–water partition coefficient (Wildman–Crippen LogP) is 2.47. The molecule has 0 aromatic carbocycles. The van der Waals surface area contributed by atoms with Gasteiger partial charge in [0.25, 0.3) is 5.91 Å². The highest BCUT2D eigenvalue weighted by molar-refractivity contribution is 5.98. The number of likely N-dealkylation sites (tertiary alicyclic amines) is 1. The predicted molar refractivity (Wildman–Crippen MR) is 128 cm³/mol. The van der Waals surface area contributed by atoms with Crippen LogP contribution < -0.4 is 11.1 Å². The van der Waals surface area contributed by atoms with Crippen LogP contribution in [0.2, 0.25) is 0 Å². The number of rotatable bonds is 6. The van der Waals surface area contributed by atoms with Crippen LogP contribution in [0.25, 0.3) is 28.5 Å². The molecule has 1 saturated heterocycles. The van der Waals surface area contributed by atoms with Crippen molar-refractivity contribution in [3.8, 4) is 22.8 Å². The second-order valence-electron chi connectivity index (χ2n) is 8.48. The highest BCUT2D eigenvalue weighted by atomic mass is 16.3. The Bertz CT molecular complexity index is 1370. The van der Waals surface area contributed by atoms with Gasteiger partial charge in [0, 0.05) is 49.7 Å². The maximum atomic E-state index is 13.0. The molecule has 0 radical (unpaired) electrons. The molecule has 1 aliphatic rings. The molecule has 35 heavy (non-hydrogen) atoms. The molecule has 11 heteroatoms. The van der Waals surface area contributed by atoms with E-state index >= 15 is 0 Å². The van der Waals surface area contributed by atoms with E-state index in [9.17, 15) is 9.59 Å². The monoisotopic (exact) mass is 474 g/mol. The number of nitrogens with zero attached hydrogens (tertiary/aromatic N) is 6. The van der Waals surface area contributed by atoms with Crippen molar-refractivity contribution in [1.29, 1.82) is 0 Å². The highest BCUT2D eigenvalue weighted by Gasteiger charge is 2.23. The minimum Gasteiger partial charge on any atom is -0.443 e. The zero-order valence-electron chi connectivity index (χ0n) is 19.4. The summed E-state index contributed by atoms with van der Waals surface area (Å²) in [6, 6.07) is 3.69. The van der Waals surface area contributed by atoms with Crippen molar-refractivity contribution in [1.82, 2.24) is 34.6 Å². The third-order valence-electron chi connectivity index (χ3n) is 6.07. The van der Waals surface area contributed by atoms with E-state index in [0.29, 0.717) is 17.0 Å². The van der Waals surface area contributed by atoms with Gasteiger partial charge in [-0.2, -0.15) is 0 Å². The van der Waals surface area contributed by atoms with Crippen LogP contribution in [0, 0.1) is 6.92 Å². The van der Waals surface area contributed by atoms with Gasteiger partial charge in [-0.25, -0.2) is 19.9 Å². The summed E-state index contributed by atoms with van der Waals surface area (Å²) in [7, 11) is 0. The zero-order chi connectivity index (χ0) is 24.4. The third-order valence-corrected chi connectivity index (χ3v) is 6.07. The normalized spacial score (nSPS) is 13.8. The van der Waals surface area contributed by atoms with E-state index in [4.69, 9.17) is 10.2 Å². The summed E-state index contributed by atoms with van der Waals surface area (Å²) in [4.78, 5) is 44.7. The molecule has 0 saturated carbocycles. The Hall–Kier alpha value is -4.28. The maximum Gasteiger partial charge on any atom is 0.273 e. The molecule has 1 fully saturated rings. The number of carbonyl (C=O) groups excluding carboxylic acids is 2. The van der Waals surface area contributed by atoms with Gasteiger partial charge in [0.2, 0.25) is 11.8 Å². The number of hydrogen-bond donors (Lipinski definition) is 2. The van der Waals surface area contributed by atoms with E-state index in [2.05, 4.69) is 25.3 Å². The largest absolute Gasteiger partial charge is 0.443 e. The number of nitrogens with one attached hydrogen (secondary N) is 1. The summed E-state index contributed by atoms with van der Waals surface area (Å²) in [5, 5.41) is 2.75. The van der Waals surface area contributed by atoms with Crippen LogP contribution in [0.15, 0.2) is 41.4 Å². The lowest BCUT2D eigenvalue weighted by molar-refractivity contribution is -0.131. The van der Waals surface area contributed by atoms with Gasteiger partial charge in [-0.1, -0.05) is 0 Å². The fraction of sp³-hybridized carbons (Fsp3) is 0.333. The number of fused-ring (bicyclic) bond motifs is 1. The lowest BCUT2D eigenvalue weighted by atomic mass is 10.1. The molecule has 180 valence electrons. The summed E-state index contributed by atoms with van der Waals surface area (Å²) >= 11 is 0. The van der Waals surface area contributed by atoms with Crippen LogP contribution in [0.5, 0.6) is 0 Å². The molecule has 0 aliphatic carbocycles. The van der Waals surface area contributed by atoms with Crippen LogP contribution in [-0.4, -0.2) is 60.7 Å². The Morgan fingerprint density at radius 1 is 1.11 bits per heavy atom. The van der Waals surface area contributed by atoms with Gasteiger partial charge >= 0.3 is 0 Å². The first-order chi connectivity index (χ1) is 17.0. The van der Waals surface area contributed by atoms with Crippen molar-refractivity contribution in [3.05, 3.63) is 48.4 Å². The number of piperidine rings is 1. The molecular formula is C24H26N8O3. The minimum atomic E-state index is -0.499. The van der Waals surface area contributed by atoms with E-state index in [1.54, 1.807) is 6.20 Å². The number of nitrogens with two attached hydrogens (primary N) is 1. The first kappa shape index (κ1) is 22.5. The van der Waals surface area contributed by atoms with Crippen LogP contribution >= 0.6 is 0 Å². The maximum absolute atomic E-state index is 13.0. The number of pyridine rings is 1. The number of imidazole rings is 1. The molecule has 5 rings (SSSR count). The van der Waals surface area contributed by atoms with Crippen molar-refractivity contribution in [2.75, 3.05) is 25.4 Å².